The quantitative estimate of drug-likeness (QED) is 0.283. The Morgan fingerprint density at radius 3 is 1.00 bits per heavy atom. The molecule has 0 nitrogen and oxygen atoms in total. The summed E-state index contributed by atoms with van der Waals surface area (Å²) in [5.74, 6) is 1.49. The molecule has 39 heavy (non-hydrogen) atoms. The van der Waals surface area contributed by atoms with Crippen molar-refractivity contribution < 1.29 is 0 Å². The lowest BCUT2D eigenvalue weighted by molar-refractivity contribution is 0.462. The van der Waals surface area contributed by atoms with Gasteiger partial charge in [0.2, 0.25) is 0 Å². The minimum atomic E-state index is -0.0636. The number of hydrogen-bond donors (Lipinski definition) is 0. The molecule has 0 aromatic heterocycles. The van der Waals surface area contributed by atoms with Gasteiger partial charge in [-0.15, -0.1) is 0 Å². The molecule has 2 aliphatic rings. The van der Waals surface area contributed by atoms with Crippen molar-refractivity contribution in [1.82, 2.24) is 0 Å². The third kappa shape index (κ3) is 8.50. The highest BCUT2D eigenvalue weighted by Gasteiger charge is 2.29. The third-order valence-electron chi connectivity index (χ3n) is 9.36. The van der Waals surface area contributed by atoms with E-state index < -0.39 is 0 Å². The Morgan fingerprint density at radius 2 is 0.641 bits per heavy atom. The zero-order chi connectivity index (χ0) is 26.5. The van der Waals surface area contributed by atoms with Crippen LogP contribution < -0.4 is 0 Å². The Hall–Kier alpha value is -1.99. The van der Waals surface area contributed by atoms with Crippen LogP contribution in [0.1, 0.15) is 139 Å². The fourth-order valence-corrected chi connectivity index (χ4v) is 9.07. The zero-order valence-corrected chi connectivity index (χ0v) is 25.1. The van der Waals surface area contributed by atoms with Crippen LogP contribution in [-0.4, -0.2) is 0 Å². The summed E-state index contributed by atoms with van der Waals surface area (Å²) in [5.41, 5.74) is 3.14. The smallest absolute Gasteiger partial charge is 0.0619 e. The van der Waals surface area contributed by atoms with Gasteiger partial charge in [-0.3, -0.25) is 0 Å². The van der Waals surface area contributed by atoms with Crippen LogP contribution in [0.25, 0.3) is 0 Å². The molecule has 2 saturated carbocycles. The molecular formula is C38H51S+. The molecule has 0 amide bonds. The Kier molecular flexibility index (Phi) is 11.5. The molecule has 208 valence electrons. The lowest BCUT2D eigenvalue weighted by Crippen LogP contribution is -2.07. The Labute approximate surface area is 242 Å². The summed E-state index contributed by atoms with van der Waals surface area (Å²) in [6, 6.07) is 30.9. The topological polar surface area (TPSA) is 0 Å². The molecule has 3 aromatic carbocycles. The van der Waals surface area contributed by atoms with Crippen LogP contribution in [0.3, 0.4) is 0 Å². The van der Waals surface area contributed by atoms with E-state index in [1.165, 1.54) is 130 Å². The highest BCUT2D eigenvalue weighted by molar-refractivity contribution is 7.97. The van der Waals surface area contributed by atoms with Crippen molar-refractivity contribution >= 4 is 10.9 Å². The summed E-state index contributed by atoms with van der Waals surface area (Å²) in [6.07, 6.45) is 25.4. The van der Waals surface area contributed by atoms with Crippen molar-refractivity contribution in [3.63, 3.8) is 0 Å². The molecule has 0 aliphatic heterocycles. The first-order chi connectivity index (χ1) is 19.4. The van der Waals surface area contributed by atoms with Crippen LogP contribution in [0, 0.1) is 0 Å². The van der Waals surface area contributed by atoms with Crippen LogP contribution in [0.4, 0.5) is 0 Å². The van der Waals surface area contributed by atoms with Gasteiger partial charge in [-0.25, -0.2) is 0 Å². The van der Waals surface area contributed by atoms with Gasteiger partial charge in [0.1, 0.15) is 0 Å². The molecule has 1 heteroatoms. The van der Waals surface area contributed by atoms with Gasteiger partial charge in [0.15, 0.2) is 14.7 Å². The monoisotopic (exact) mass is 539 g/mol. The minimum Gasteiger partial charge on any atom is -0.0619 e. The van der Waals surface area contributed by atoms with E-state index in [-0.39, 0.29) is 10.9 Å². The van der Waals surface area contributed by atoms with Gasteiger partial charge in [0.25, 0.3) is 0 Å². The molecule has 0 spiro atoms. The molecule has 0 bridgehead atoms. The molecule has 2 fully saturated rings. The average molecular weight is 540 g/mol. The predicted molar refractivity (Wildman–Crippen MR) is 170 cm³/mol. The summed E-state index contributed by atoms with van der Waals surface area (Å²) in [6.45, 7) is 0. The Balaban J connectivity index is 1.35. The first-order valence-corrected chi connectivity index (χ1v) is 17.6. The van der Waals surface area contributed by atoms with E-state index >= 15 is 0 Å². The Bertz CT molecular complexity index is 978. The second-order valence-corrected chi connectivity index (χ2v) is 14.3. The van der Waals surface area contributed by atoms with Crippen LogP contribution in [-0.2, 0) is 10.9 Å². The number of hydrogen-bond acceptors (Lipinski definition) is 0. The van der Waals surface area contributed by atoms with Crippen LogP contribution in [0.15, 0.2) is 93.5 Å². The van der Waals surface area contributed by atoms with Gasteiger partial charge in [-0.1, -0.05) is 132 Å². The molecular weight excluding hydrogens is 488 g/mol. The van der Waals surface area contributed by atoms with Gasteiger partial charge in [0.05, 0.1) is 10.9 Å². The van der Waals surface area contributed by atoms with E-state index in [2.05, 4.69) is 78.9 Å². The van der Waals surface area contributed by atoms with E-state index in [0.29, 0.717) is 0 Å². The number of rotatable bonds is 5. The standard InChI is InChI=1S/C38H51S/c1-3-7-12-18-32(19-13-8-4-1)34-24-28-37(29-25-34)39(36-22-16-11-17-23-36)38-30-26-35(27-31-38)33-20-14-9-5-2-6-10-15-21-33/h11,16-17,22-33H,1-10,12-15,18-21H2/q+1. The minimum absolute atomic E-state index is 0.0636. The van der Waals surface area contributed by atoms with Crippen molar-refractivity contribution in [3.8, 4) is 0 Å². The van der Waals surface area contributed by atoms with Crippen LogP contribution in [0.5, 0.6) is 0 Å². The summed E-state index contributed by atoms with van der Waals surface area (Å²) in [7, 11) is -0.0636. The normalized spacial score (nSPS) is 19.5. The third-order valence-corrected chi connectivity index (χ3v) is 11.6. The van der Waals surface area contributed by atoms with Crippen LogP contribution in [0.2, 0.25) is 0 Å². The highest BCUT2D eigenvalue weighted by atomic mass is 32.2. The fraction of sp³-hybridized carbons (Fsp3) is 0.526. The first-order valence-electron chi connectivity index (χ1n) is 16.4. The van der Waals surface area contributed by atoms with Gasteiger partial charge in [-0.2, -0.15) is 0 Å². The maximum Gasteiger partial charge on any atom is 0.166 e. The van der Waals surface area contributed by atoms with Crippen molar-refractivity contribution in [2.75, 3.05) is 0 Å². The lowest BCUT2D eigenvalue weighted by Gasteiger charge is -2.20. The summed E-state index contributed by atoms with van der Waals surface area (Å²) in [4.78, 5) is 4.34. The van der Waals surface area contributed by atoms with Crippen molar-refractivity contribution in [2.24, 2.45) is 0 Å². The summed E-state index contributed by atoms with van der Waals surface area (Å²) < 4.78 is 0. The SMILES string of the molecule is c1ccc([S+](c2ccc(C3CCCCCCCCC3)cc2)c2ccc(C3CCCCCCCCC3)cc2)cc1. The summed E-state index contributed by atoms with van der Waals surface area (Å²) >= 11 is 0. The lowest BCUT2D eigenvalue weighted by atomic mass is 9.87. The zero-order valence-electron chi connectivity index (χ0n) is 24.3. The largest absolute Gasteiger partial charge is 0.166 e. The average Bonchev–Trinajstić information content (AvgIpc) is 3.00. The maximum absolute atomic E-state index is 2.48. The highest BCUT2D eigenvalue weighted by Crippen LogP contribution is 2.36. The van der Waals surface area contributed by atoms with Gasteiger partial charge >= 0.3 is 0 Å². The van der Waals surface area contributed by atoms with Gasteiger partial charge < -0.3 is 0 Å². The van der Waals surface area contributed by atoms with Crippen LogP contribution >= 0.6 is 0 Å². The molecule has 0 radical (unpaired) electrons. The molecule has 2 aliphatic carbocycles. The van der Waals surface area contributed by atoms with E-state index in [1.54, 1.807) is 11.1 Å². The molecule has 0 unspecified atom stereocenters. The fourth-order valence-electron chi connectivity index (χ4n) is 7.00. The Morgan fingerprint density at radius 1 is 0.333 bits per heavy atom. The second-order valence-electron chi connectivity index (χ2n) is 12.3. The molecule has 0 heterocycles. The van der Waals surface area contributed by atoms with Gasteiger partial charge in [0, 0.05) is 0 Å². The van der Waals surface area contributed by atoms with Crippen molar-refractivity contribution in [1.29, 1.82) is 0 Å². The van der Waals surface area contributed by atoms with Gasteiger partial charge in [-0.05, 0) is 85.0 Å². The number of benzene rings is 3. The molecule has 3 aromatic rings. The van der Waals surface area contributed by atoms with E-state index in [1.807, 2.05) is 0 Å². The van der Waals surface area contributed by atoms with E-state index in [0.717, 1.165) is 11.8 Å². The van der Waals surface area contributed by atoms with E-state index in [4.69, 9.17) is 0 Å². The second kappa shape index (κ2) is 15.7. The van der Waals surface area contributed by atoms with Crippen molar-refractivity contribution in [3.05, 3.63) is 90.0 Å². The van der Waals surface area contributed by atoms with E-state index in [9.17, 15) is 0 Å². The van der Waals surface area contributed by atoms with Crippen molar-refractivity contribution in [2.45, 2.75) is 142 Å². The first kappa shape index (κ1) is 28.5. The summed E-state index contributed by atoms with van der Waals surface area (Å²) in [5, 5.41) is 0. The predicted octanol–water partition coefficient (Wildman–Crippen LogP) is 12.0. The molecule has 5 rings (SSSR count). The maximum atomic E-state index is 2.48. The molecule has 0 atom stereocenters. The molecule has 0 saturated heterocycles. The molecule has 0 N–H and O–H groups in total.